The SMILES string of the molecule is CCc1noc(C(C)N2CCN(c3cccc(C)c3C)CC2)n1. The highest BCUT2D eigenvalue weighted by molar-refractivity contribution is 5.56. The Hall–Kier alpha value is -1.88. The Morgan fingerprint density at radius 2 is 1.91 bits per heavy atom. The molecule has 1 saturated heterocycles. The summed E-state index contributed by atoms with van der Waals surface area (Å²) in [5.74, 6) is 1.53. The molecule has 0 saturated carbocycles. The van der Waals surface area contributed by atoms with Gasteiger partial charge in [-0.25, -0.2) is 0 Å². The van der Waals surface area contributed by atoms with Gasteiger partial charge in [0, 0.05) is 38.3 Å². The van der Waals surface area contributed by atoms with Gasteiger partial charge in [-0.05, 0) is 38.0 Å². The van der Waals surface area contributed by atoms with Crippen molar-refractivity contribution < 1.29 is 4.52 Å². The Morgan fingerprint density at radius 3 is 2.57 bits per heavy atom. The molecule has 5 heteroatoms. The summed E-state index contributed by atoms with van der Waals surface area (Å²) < 4.78 is 5.40. The Labute approximate surface area is 138 Å². The highest BCUT2D eigenvalue weighted by Gasteiger charge is 2.26. The number of hydrogen-bond acceptors (Lipinski definition) is 5. The highest BCUT2D eigenvalue weighted by atomic mass is 16.5. The molecule has 1 aliphatic heterocycles. The molecule has 0 spiro atoms. The van der Waals surface area contributed by atoms with Crippen LogP contribution in [0.5, 0.6) is 0 Å². The van der Waals surface area contributed by atoms with Crippen molar-refractivity contribution >= 4 is 5.69 Å². The Balaban J connectivity index is 1.65. The van der Waals surface area contributed by atoms with E-state index in [-0.39, 0.29) is 6.04 Å². The summed E-state index contributed by atoms with van der Waals surface area (Å²) in [6.07, 6.45) is 0.816. The van der Waals surface area contributed by atoms with Gasteiger partial charge < -0.3 is 9.42 Å². The van der Waals surface area contributed by atoms with Gasteiger partial charge in [0.05, 0.1) is 6.04 Å². The van der Waals surface area contributed by atoms with Crippen LogP contribution in [0, 0.1) is 13.8 Å². The fourth-order valence-corrected chi connectivity index (χ4v) is 3.17. The summed E-state index contributed by atoms with van der Waals surface area (Å²) in [7, 11) is 0. The van der Waals surface area contributed by atoms with Crippen molar-refractivity contribution in [1.29, 1.82) is 0 Å². The molecule has 1 aromatic heterocycles. The van der Waals surface area contributed by atoms with Crippen molar-refractivity contribution in [3.05, 3.63) is 41.0 Å². The molecular formula is C18H26N4O. The van der Waals surface area contributed by atoms with Crippen LogP contribution in [-0.4, -0.2) is 41.2 Å². The van der Waals surface area contributed by atoms with E-state index in [9.17, 15) is 0 Å². The van der Waals surface area contributed by atoms with Crippen molar-refractivity contribution in [3.63, 3.8) is 0 Å². The third kappa shape index (κ3) is 3.24. The maximum absolute atomic E-state index is 5.40. The minimum absolute atomic E-state index is 0.184. The van der Waals surface area contributed by atoms with Crippen LogP contribution in [0.15, 0.2) is 22.7 Å². The molecule has 124 valence electrons. The van der Waals surface area contributed by atoms with Gasteiger partial charge in [-0.1, -0.05) is 24.2 Å². The second-order valence-corrected chi connectivity index (χ2v) is 6.32. The molecule has 0 N–H and O–H groups in total. The van der Waals surface area contributed by atoms with E-state index in [1.54, 1.807) is 0 Å². The van der Waals surface area contributed by atoms with Gasteiger partial charge in [0.25, 0.3) is 0 Å². The van der Waals surface area contributed by atoms with Gasteiger partial charge in [-0.15, -0.1) is 0 Å². The van der Waals surface area contributed by atoms with Crippen molar-refractivity contribution in [2.24, 2.45) is 0 Å². The summed E-state index contributed by atoms with van der Waals surface area (Å²) in [5.41, 5.74) is 4.11. The van der Waals surface area contributed by atoms with E-state index in [4.69, 9.17) is 4.52 Å². The lowest BCUT2D eigenvalue weighted by molar-refractivity contribution is 0.164. The quantitative estimate of drug-likeness (QED) is 0.867. The molecule has 5 nitrogen and oxygen atoms in total. The largest absolute Gasteiger partial charge is 0.369 e. The number of aromatic nitrogens is 2. The molecule has 1 aliphatic rings. The van der Waals surface area contributed by atoms with Crippen LogP contribution in [0.3, 0.4) is 0 Å². The molecule has 1 fully saturated rings. The number of piperazine rings is 1. The average molecular weight is 314 g/mol. The van der Waals surface area contributed by atoms with E-state index in [1.165, 1.54) is 16.8 Å². The zero-order chi connectivity index (χ0) is 16.4. The Morgan fingerprint density at radius 1 is 1.17 bits per heavy atom. The Bertz CT molecular complexity index is 659. The first-order chi connectivity index (χ1) is 11.1. The second kappa shape index (κ2) is 6.71. The van der Waals surface area contributed by atoms with E-state index in [0.717, 1.165) is 44.3 Å². The van der Waals surface area contributed by atoms with E-state index in [0.29, 0.717) is 0 Å². The maximum Gasteiger partial charge on any atom is 0.243 e. The van der Waals surface area contributed by atoms with Crippen LogP contribution < -0.4 is 4.90 Å². The van der Waals surface area contributed by atoms with E-state index in [2.05, 4.69) is 58.9 Å². The van der Waals surface area contributed by atoms with E-state index in [1.807, 2.05) is 6.92 Å². The summed E-state index contributed by atoms with van der Waals surface area (Å²) >= 11 is 0. The van der Waals surface area contributed by atoms with Crippen molar-refractivity contribution in [2.75, 3.05) is 31.1 Å². The first-order valence-corrected chi connectivity index (χ1v) is 8.47. The lowest BCUT2D eigenvalue weighted by Gasteiger charge is -2.38. The summed E-state index contributed by atoms with van der Waals surface area (Å²) in [4.78, 5) is 9.38. The zero-order valence-electron chi connectivity index (χ0n) is 14.5. The number of nitrogens with zero attached hydrogens (tertiary/aromatic N) is 4. The molecule has 1 unspecified atom stereocenters. The van der Waals surface area contributed by atoms with Crippen molar-refractivity contribution in [2.45, 2.75) is 40.2 Å². The molecule has 23 heavy (non-hydrogen) atoms. The minimum atomic E-state index is 0.184. The molecule has 2 aromatic rings. The molecule has 1 aromatic carbocycles. The molecule has 0 bridgehead atoms. The normalized spacial score (nSPS) is 17.5. The predicted molar refractivity (Wildman–Crippen MR) is 91.8 cm³/mol. The number of benzene rings is 1. The van der Waals surface area contributed by atoms with Gasteiger partial charge in [0.1, 0.15) is 0 Å². The maximum atomic E-state index is 5.40. The number of aryl methyl sites for hydroxylation is 2. The predicted octanol–water partition coefficient (Wildman–Crippen LogP) is 3.13. The second-order valence-electron chi connectivity index (χ2n) is 6.32. The van der Waals surface area contributed by atoms with Crippen LogP contribution in [-0.2, 0) is 6.42 Å². The van der Waals surface area contributed by atoms with Crippen molar-refractivity contribution in [1.82, 2.24) is 15.0 Å². The smallest absolute Gasteiger partial charge is 0.243 e. The molecule has 1 atom stereocenters. The van der Waals surface area contributed by atoms with Gasteiger partial charge in [0.2, 0.25) is 5.89 Å². The fraction of sp³-hybridized carbons (Fsp3) is 0.556. The molecule has 0 aliphatic carbocycles. The summed E-state index contributed by atoms with van der Waals surface area (Å²) in [6.45, 7) is 12.7. The summed E-state index contributed by atoms with van der Waals surface area (Å²) in [5, 5.41) is 4.01. The standard InChI is InChI=1S/C18H26N4O/c1-5-17-19-18(23-20-17)15(4)21-9-11-22(12-10-21)16-8-6-7-13(2)14(16)3/h6-8,15H,5,9-12H2,1-4H3. The highest BCUT2D eigenvalue weighted by Crippen LogP contribution is 2.26. The third-order valence-electron chi connectivity index (χ3n) is 4.94. The molecule has 0 amide bonds. The van der Waals surface area contributed by atoms with Gasteiger partial charge in [-0.2, -0.15) is 4.98 Å². The third-order valence-corrected chi connectivity index (χ3v) is 4.94. The van der Waals surface area contributed by atoms with Crippen LogP contribution in [0.1, 0.15) is 42.7 Å². The number of rotatable bonds is 4. The monoisotopic (exact) mass is 314 g/mol. The molecule has 3 rings (SSSR count). The van der Waals surface area contributed by atoms with Gasteiger partial charge >= 0.3 is 0 Å². The van der Waals surface area contributed by atoms with E-state index >= 15 is 0 Å². The Kier molecular flexibility index (Phi) is 4.66. The van der Waals surface area contributed by atoms with Crippen LogP contribution in [0.4, 0.5) is 5.69 Å². The zero-order valence-corrected chi connectivity index (χ0v) is 14.5. The first kappa shape index (κ1) is 16.0. The van der Waals surface area contributed by atoms with Crippen LogP contribution in [0.2, 0.25) is 0 Å². The topological polar surface area (TPSA) is 45.4 Å². The van der Waals surface area contributed by atoms with Crippen LogP contribution >= 0.6 is 0 Å². The number of hydrogen-bond donors (Lipinski definition) is 0. The minimum Gasteiger partial charge on any atom is -0.369 e. The van der Waals surface area contributed by atoms with Gasteiger partial charge in [0.15, 0.2) is 5.82 Å². The van der Waals surface area contributed by atoms with Crippen molar-refractivity contribution in [3.8, 4) is 0 Å². The fourth-order valence-electron chi connectivity index (χ4n) is 3.17. The molecule has 0 radical (unpaired) electrons. The van der Waals surface area contributed by atoms with Crippen LogP contribution in [0.25, 0.3) is 0 Å². The lowest BCUT2D eigenvalue weighted by atomic mass is 10.1. The molecular weight excluding hydrogens is 288 g/mol. The van der Waals surface area contributed by atoms with Gasteiger partial charge in [-0.3, -0.25) is 4.90 Å². The average Bonchev–Trinajstić information content (AvgIpc) is 3.06. The lowest BCUT2D eigenvalue weighted by Crippen LogP contribution is -2.47. The van der Waals surface area contributed by atoms with E-state index < -0.39 is 0 Å². The summed E-state index contributed by atoms with van der Waals surface area (Å²) in [6, 6.07) is 6.74. The number of anilines is 1. The first-order valence-electron chi connectivity index (χ1n) is 8.47. The molecule has 2 heterocycles.